The molecule has 0 aromatic heterocycles. The first-order valence-electron chi connectivity index (χ1n) is 6.87. The molecule has 1 N–H and O–H groups in total. The van der Waals surface area contributed by atoms with E-state index in [2.05, 4.69) is 81.4 Å². The van der Waals surface area contributed by atoms with Crippen molar-refractivity contribution in [2.75, 3.05) is 7.11 Å². The number of hydrogen-bond donors (Lipinski definition) is 1. The Balaban J connectivity index is 2.12. The van der Waals surface area contributed by atoms with E-state index in [1.54, 1.807) is 7.11 Å². The smallest absolute Gasteiger partial charge is 0.133 e. The average molecular weight is 413 g/mol. The summed E-state index contributed by atoms with van der Waals surface area (Å²) in [7, 11) is 1.68. The summed E-state index contributed by atoms with van der Waals surface area (Å²) in [6, 6.07) is 15.0. The molecule has 112 valence electrons. The quantitative estimate of drug-likeness (QED) is 0.686. The summed E-state index contributed by atoms with van der Waals surface area (Å²) in [6.45, 7) is 4.34. The van der Waals surface area contributed by atoms with Gasteiger partial charge in [0, 0.05) is 16.6 Å². The fourth-order valence-corrected chi connectivity index (χ4v) is 3.53. The highest BCUT2D eigenvalue weighted by molar-refractivity contribution is 9.10. The third-order valence-electron chi connectivity index (χ3n) is 3.55. The van der Waals surface area contributed by atoms with E-state index in [1.165, 1.54) is 11.1 Å². The number of ether oxygens (including phenoxy) is 1. The van der Waals surface area contributed by atoms with Crippen LogP contribution in [0.1, 0.15) is 37.1 Å². The summed E-state index contributed by atoms with van der Waals surface area (Å²) >= 11 is 7.15. The number of nitrogens with one attached hydrogen (secondary N) is 1. The van der Waals surface area contributed by atoms with E-state index in [0.29, 0.717) is 0 Å². The lowest BCUT2D eigenvalue weighted by Crippen LogP contribution is -2.22. The largest absolute Gasteiger partial charge is 0.496 e. The molecule has 0 spiro atoms. The van der Waals surface area contributed by atoms with Gasteiger partial charge in [0.2, 0.25) is 0 Å². The van der Waals surface area contributed by atoms with Crippen molar-refractivity contribution in [3.63, 3.8) is 0 Å². The maximum absolute atomic E-state index is 5.27. The molecule has 0 radical (unpaired) electrons. The van der Waals surface area contributed by atoms with Crippen molar-refractivity contribution < 1.29 is 4.74 Å². The fraction of sp³-hybridized carbons (Fsp3) is 0.294. The second-order valence-electron chi connectivity index (χ2n) is 5.03. The Labute approximate surface area is 143 Å². The van der Waals surface area contributed by atoms with Gasteiger partial charge in [-0.1, -0.05) is 40.2 Å². The molecule has 2 rings (SSSR count). The SMILES string of the molecule is COc1ccc(C(C)N[C@H](C)c2ccccc2Br)cc1Br. The molecule has 4 heteroatoms. The Hall–Kier alpha value is -0.840. The zero-order valence-electron chi connectivity index (χ0n) is 12.4. The second kappa shape index (κ2) is 7.43. The van der Waals surface area contributed by atoms with Crippen LogP contribution >= 0.6 is 31.9 Å². The van der Waals surface area contributed by atoms with Crippen LogP contribution in [0.25, 0.3) is 0 Å². The van der Waals surface area contributed by atoms with Gasteiger partial charge in [0.15, 0.2) is 0 Å². The third kappa shape index (κ3) is 4.09. The minimum Gasteiger partial charge on any atom is -0.496 e. The predicted molar refractivity (Wildman–Crippen MR) is 94.8 cm³/mol. The molecule has 2 aromatic carbocycles. The minimum absolute atomic E-state index is 0.245. The van der Waals surface area contributed by atoms with Crippen molar-refractivity contribution in [2.45, 2.75) is 25.9 Å². The first-order valence-corrected chi connectivity index (χ1v) is 8.45. The zero-order chi connectivity index (χ0) is 15.4. The molecule has 0 aliphatic heterocycles. The molecule has 1 unspecified atom stereocenters. The van der Waals surface area contributed by atoms with E-state index in [4.69, 9.17) is 4.74 Å². The van der Waals surface area contributed by atoms with Crippen LogP contribution in [0.15, 0.2) is 51.4 Å². The molecule has 0 saturated heterocycles. The standard InChI is InChI=1S/C17H19Br2NO/c1-11(13-8-9-17(21-3)16(19)10-13)20-12(2)14-6-4-5-7-15(14)18/h4-12,20H,1-3H3/t11?,12-/m1/s1. The Morgan fingerprint density at radius 3 is 2.29 bits per heavy atom. The van der Waals surface area contributed by atoms with E-state index in [1.807, 2.05) is 12.1 Å². The molecule has 0 amide bonds. The lowest BCUT2D eigenvalue weighted by Gasteiger charge is -2.22. The second-order valence-corrected chi connectivity index (χ2v) is 6.73. The number of methoxy groups -OCH3 is 1. The highest BCUT2D eigenvalue weighted by Gasteiger charge is 2.14. The highest BCUT2D eigenvalue weighted by Crippen LogP contribution is 2.30. The van der Waals surface area contributed by atoms with Crippen molar-refractivity contribution in [3.05, 3.63) is 62.5 Å². The Bertz CT molecular complexity index is 615. The molecule has 0 saturated carbocycles. The molecule has 2 atom stereocenters. The van der Waals surface area contributed by atoms with Crippen molar-refractivity contribution in [1.82, 2.24) is 5.32 Å². The maximum Gasteiger partial charge on any atom is 0.133 e. The molecule has 21 heavy (non-hydrogen) atoms. The van der Waals surface area contributed by atoms with Crippen LogP contribution in [0, 0.1) is 0 Å². The molecular weight excluding hydrogens is 394 g/mol. The monoisotopic (exact) mass is 411 g/mol. The van der Waals surface area contributed by atoms with Crippen LogP contribution in [-0.2, 0) is 0 Å². The molecular formula is C17H19Br2NO. The molecule has 0 fully saturated rings. The van der Waals surface area contributed by atoms with E-state index in [9.17, 15) is 0 Å². The molecule has 0 heterocycles. The lowest BCUT2D eigenvalue weighted by molar-refractivity contribution is 0.411. The van der Waals surface area contributed by atoms with Gasteiger partial charge in [0.25, 0.3) is 0 Å². The van der Waals surface area contributed by atoms with E-state index >= 15 is 0 Å². The lowest BCUT2D eigenvalue weighted by atomic mass is 10.0. The van der Waals surface area contributed by atoms with Crippen LogP contribution in [0.2, 0.25) is 0 Å². The van der Waals surface area contributed by atoms with Crippen LogP contribution in [0.5, 0.6) is 5.75 Å². The average Bonchev–Trinajstić information content (AvgIpc) is 2.47. The van der Waals surface area contributed by atoms with Gasteiger partial charge >= 0.3 is 0 Å². The highest BCUT2D eigenvalue weighted by atomic mass is 79.9. The van der Waals surface area contributed by atoms with E-state index in [0.717, 1.165) is 14.7 Å². The van der Waals surface area contributed by atoms with Crippen LogP contribution in [0.4, 0.5) is 0 Å². The molecule has 0 aliphatic carbocycles. The van der Waals surface area contributed by atoms with Crippen molar-refractivity contribution in [2.24, 2.45) is 0 Å². The van der Waals surface area contributed by atoms with Crippen LogP contribution < -0.4 is 10.1 Å². The summed E-state index contributed by atoms with van der Waals surface area (Å²) in [6.07, 6.45) is 0. The van der Waals surface area contributed by atoms with Gasteiger partial charge in [-0.25, -0.2) is 0 Å². The van der Waals surface area contributed by atoms with Gasteiger partial charge in [-0.2, -0.15) is 0 Å². The van der Waals surface area contributed by atoms with Crippen molar-refractivity contribution in [1.29, 1.82) is 0 Å². The first kappa shape index (κ1) is 16.5. The minimum atomic E-state index is 0.245. The van der Waals surface area contributed by atoms with Gasteiger partial charge in [-0.05, 0) is 59.1 Å². The molecule has 2 aromatic rings. The number of hydrogen-bond acceptors (Lipinski definition) is 2. The summed E-state index contributed by atoms with van der Waals surface area (Å²) in [5.41, 5.74) is 2.48. The summed E-state index contributed by atoms with van der Waals surface area (Å²) in [4.78, 5) is 0. The number of rotatable bonds is 5. The Morgan fingerprint density at radius 1 is 0.952 bits per heavy atom. The van der Waals surface area contributed by atoms with Gasteiger partial charge in [-0.3, -0.25) is 0 Å². The summed E-state index contributed by atoms with van der Waals surface area (Å²) < 4.78 is 7.38. The topological polar surface area (TPSA) is 21.3 Å². The van der Waals surface area contributed by atoms with Gasteiger partial charge in [-0.15, -0.1) is 0 Å². The normalized spacial score (nSPS) is 13.8. The Kier molecular flexibility index (Phi) is 5.85. The number of halogens is 2. The zero-order valence-corrected chi connectivity index (χ0v) is 15.5. The fourth-order valence-electron chi connectivity index (χ4n) is 2.34. The Morgan fingerprint density at radius 2 is 1.67 bits per heavy atom. The predicted octanol–water partition coefficient (Wildman–Crippen LogP) is 5.63. The first-order chi connectivity index (χ1) is 10.0. The van der Waals surface area contributed by atoms with Crippen molar-refractivity contribution >= 4 is 31.9 Å². The van der Waals surface area contributed by atoms with Gasteiger partial charge in [0.05, 0.1) is 11.6 Å². The van der Waals surface area contributed by atoms with Crippen LogP contribution in [0.3, 0.4) is 0 Å². The van der Waals surface area contributed by atoms with E-state index < -0.39 is 0 Å². The number of benzene rings is 2. The van der Waals surface area contributed by atoms with Gasteiger partial charge in [0.1, 0.15) is 5.75 Å². The molecule has 0 aliphatic rings. The van der Waals surface area contributed by atoms with Crippen molar-refractivity contribution in [3.8, 4) is 5.75 Å². The maximum atomic E-state index is 5.27. The van der Waals surface area contributed by atoms with E-state index in [-0.39, 0.29) is 12.1 Å². The summed E-state index contributed by atoms with van der Waals surface area (Å²) in [5, 5.41) is 3.63. The molecule has 0 bridgehead atoms. The van der Waals surface area contributed by atoms with Gasteiger partial charge < -0.3 is 10.1 Å². The van der Waals surface area contributed by atoms with Crippen LogP contribution in [-0.4, -0.2) is 7.11 Å². The summed E-state index contributed by atoms with van der Waals surface area (Å²) in [5.74, 6) is 0.852. The third-order valence-corrected chi connectivity index (χ3v) is 4.89. The molecule has 2 nitrogen and oxygen atoms in total.